The van der Waals surface area contributed by atoms with Gasteiger partial charge in [-0.25, -0.2) is 4.79 Å². The molecule has 19 heavy (non-hydrogen) atoms. The standard InChI is InChI=1S/C13H21N3O2S/c1-9-5-15(12(14)19-9)6-10-7-16(8-10)18-11(17)13(2,3)4/h5,10,14H,6-8H2,1-4H3. The SMILES string of the molecule is Cc1cn(CC2CN(OC(=O)C(C)(C)C)C2)c(=N)s1. The zero-order chi connectivity index (χ0) is 14.2. The maximum absolute atomic E-state index is 11.7. The first-order chi connectivity index (χ1) is 8.75. The van der Waals surface area contributed by atoms with Gasteiger partial charge in [0.1, 0.15) is 0 Å². The highest BCUT2D eigenvalue weighted by Gasteiger charge is 2.33. The molecule has 0 aliphatic carbocycles. The van der Waals surface area contributed by atoms with Crippen LogP contribution >= 0.6 is 11.3 Å². The molecule has 1 saturated heterocycles. The summed E-state index contributed by atoms with van der Waals surface area (Å²) in [5.41, 5.74) is -0.460. The minimum absolute atomic E-state index is 0.189. The van der Waals surface area contributed by atoms with Gasteiger partial charge in [-0.2, -0.15) is 0 Å². The number of nitrogens with one attached hydrogen (secondary N) is 1. The molecule has 106 valence electrons. The normalized spacial score (nSPS) is 17.3. The number of hydroxylamine groups is 2. The number of aryl methyl sites for hydroxylation is 1. The molecule has 0 amide bonds. The lowest BCUT2D eigenvalue weighted by atomic mass is 9.97. The van der Waals surface area contributed by atoms with Gasteiger partial charge in [-0.15, -0.1) is 16.4 Å². The third kappa shape index (κ3) is 3.45. The molecular formula is C13H21N3O2S. The zero-order valence-corrected chi connectivity index (χ0v) is 12.7. The second-order valence-corrected chi connectivity index (χ2v) is 7.38. The van der Waals surface area contributed by atoms with Crippen LogP contribution < -0.4 is 4.80 Å². The monoisotopic (exact) mass is 283 g/mol. The number of carbonyl (C=O) groups is 1. The zero-order valence-electron chi connectivity index (χ0n) is 11.9. The number of carbonyl (C=O) groups excluding carboxylic acids is 1. The summed E-state index contributed by atoms with van der Waals surface area (Å²) in [6.45, 7) is 9.89. The molecule has 1 aliphatic rings. The van der Waals surface area contributed by atoms with Crippen LogP contribution in [-0.2, 0) is 16.2 Å². The van der Waals surface area contributed by atoms with Gasteiger partial charge >= 0.3 is 5.97 Å². The number of aromatic nitrogens is 1. The first kappa shape index (κ1) is 14.3. The Morgan fingerprint density at radius 1 is 1.53 bits per heavy atom. The molecule has 0 spiro atoms. The van der Waals surface area contributed by atoms with Gasteiger partial charge in [-0.3, -0.25) is 5.41 Å². The molecule has 1 fully saturated rings. The molecule has 1 aromatic rings. The minimum Gasteiger partial charge on any atom is -0.367 e. The van der Waals surface area contributed by atoms with E-state index in [0.717, 1.165) is 24.5 Å². The molecule has 5 nitrogen and oxygen atoms in total. The van der Waals surface area contributed by atoms with Gasteiger partial charge in [0, 0.05) is 36.6 Å². The predicted octanol–water partition coefficient (Wildman–Crippen LogP) is 1.77. The van der Waals surface area contributed by atoms with Crippen molar-refractivity contribution in [3.63, 3.8) is 0 Å². The third-order valence-corrected chi connectivity index (χ3v) is 3.91. The van der Waals surface area contributed by atoms with Crippen molar-refractivity contribution in [2.75, 3.05) is 13.1 Å². The Labute approximate surface area is 117 Å². The fraction of sp³-hybridized carbons (Fsp3) is 0.692. The second-order valence-electron chi connectivity index (χ2n) is 6.14. The fourth-order valence-electron chi connectivity index (χ4n) is 1.90. The molecule has 1 aliphatic heterocycles. The highest BCUT2D eigenvalue weighted by Crippen LogP contribution is 2.22. The molecule has 6 heteroatoms. The van der Waals surface area contributed by atoms with E-state index in [9.17, 15) is 4.79 Å². The summed E-state index contributed by atoms with van der Waals surface area (Å²) in [7, 11) is 0. The van der Waals surface area contributed by atoms with Crippen LogP contribution in [-0.4, -0.2) is 28.7 Å². The lowest BCUT2D eigenvalue weighted by Gasteiger charge is -2.38. The number of hydrogen-bond acceptors (Lipinski definition) is 5. The Balaban J connectivity index is 1.80. The van der Waals surface area contributed by atoms with Crippen LogP contribution in [0.3, 0.4) is 0 Å². The lowest BCUT2D eigenvalue weighted by Crippen LogP contribution is -2.50. The largest absolute Gasteiger partial charge is 0.367 e. The van der Waals surface area contributed by atoms with E-state index >= 15 is 0 Å². The lowest BCUT2D eigenvalue weighted by molar-refractivity contribution is -0.229. The van der Waals surface area contributed by atoms with Gasteiger partial charge < -0.3 is 9.40 Å². The van der Waals surface area contributed by atoms with E-state index in [0.29, 0.717) is 10.7 Å². The van der Waals surface area contributed by atoms with Crippen LogP contribution in [0.1, 0.15) is 25.6 Å². The van der Waals surface area contributed by atoms with E-state index < -0.39 is 5.41 Å². The summed E-state index contributed by atoms with van der Waals surface area (Å²) < 4.78 is 1.97. The maximum atomic E-state index is 11.7. The van der Waals surface area contributed by atoms with Crippen LogP contribution in [0.5, 0.6) is 0 Å². The van der Waals surface area contributed by atoms with Crippen molar-refractivity contribution in [3.8, 4) is 0 Å². The average molecular weight is 283 g/mol. The van der Waals surface area contributed by atoms with Gasteiger partial charge in [-0.05, 0) is 27.7 Å². The van der Waals surface area contributed by atoms with Gasteiger partial charge in [-0.1, -0.05) is 0 Å². The van der Waals surface area contributed by atoms with Crippen molar-refractivity contribution in [1.29, 1.82) is 5.41 Å². The molecule has 2 rings (SSSR count). The topological polar surface area (TPSA) is 58.3 Å². The van der Waals surface area contributed by atoms with Crippen molar-refractivity contribution in [2.24, 2.45) is 11.3 Å². The first-order valence-electron chi connectivity index (χ1n) is 6.44. The predicted molar refractivity (Wildman–Crippen MR) is 73.5 cm³/mol. The van der Waals surface area contributed by atoms with Crippen molar-refractivity contribution >= 4 is 17.3 Å². The van der Waals surface area contributed by atoms with Crippen molar-refractivity contribution < 1.29 is 9.63 Å². The van der Waals surface area contributed by atoms with E-state index in [1.165, 1.54) is 11.3 Å². The maximum Gasteiger partial charge on any atom is 0.330 e. The Morgan fingerprint density at radius 3 is 2.63 bits per heavy atom. The Morgan fingerprint density at radius 2 is 2.16 bits per heavy atom. The Bertz CT molecular complexity index is 521. The number of rotatable bonds is 3. The molecule has 0 aromatic carbocycles. The average Bonchev–Trinajstić information content (AvgIpc) is 2.52. The molecule has 0 bridgehead atoms. The smallest absolute Gasteiger partial charge is 0.330 e. The Hall–Kier alpha value is -1.14. The number of hydrogen-bond donors (Lipinski definition) is 1. The van der Waals surface area contributed by atoms with Gasteiger partial charge in [0.15, 0.2) is 4.80 Å². The molecule has 1 N–H and O–H groups in total. The van der Waals surface area contributed by atoms with E-state index in [1.54, 1.807) is 5.06 Å². The van der Waals surface area contributed by atoms with Gasteiger partial charge in [0.05, 0.1) is 5.41 Å². The molecule has 0 atom stereocenters. The number of nitrogens with zero attached hydrogens (tertiary/aromatic N) is 2. The quantitative estimate of drug-likeness (QED) is 0.920. The van der Waals surface area contributed by atoms with Gasteiger partial charge in [0.25, 0.3) is 0 Å². The van der Waals surface area contributed by atoms with Gasteiger partial charge in [0.2, 0.25) is 0 Å². The van der Waals surface area contributed by atoms with E-state index in [4.69, 9.17) is 10.2 Å². The third-order valence-electron chi connectivity index (χ3n) is 3.06. The number of thiazole rings is 1. The molecule has 0 unspecified atom stereocenters. The molecule has 2 heterocycles. The summed E-state index contributed by atoms with van der Waals surface area (Å²) in [6.07, 6.45) is 2.01. The second kappa shape index (κ2) is 5.09. The summed E-state index contributed by atoms with van der Waals surface area (Å²) in [4.78, 5) is 18.7. The molecule has 0 radical (unpaired) electrons. The molecule has 1 aromatic heterocycles. The summed E-state index contributed by atoms with van der Waals surface area (Å²) in [6, 6.07) is 0. The Kier molecular flexibility index (Phi) is 3.82. The van der Waals surface area contributed by atoms with Crippen LogP contribution in [0.2, 0.25) is 0 Å². The van der Waals surface area contributed by atoms with Crippen LogP contribution in [0.25, 0.3) is 0 Å². The van der Waals surface area contributed by atoms with E-state index in [-0.39, 0.29) is 5.97 Å². The minimum atomic E-state index is -0.460. The van der Waals surface area contributed by atoms with Crippen LogP contribution in [0, 0.1) is 23.7 Å². The van der Waals surface area contributed by atoms with Crippen molar-refractivity contribution in [1.82, 2.24) is 9.63 Å². The first-order valence-corrected chi connectivity index (χ1v) is 7.26. The van der Waals surface area contributed by atoms with Crippen molar-refractivity contribution in [3.05, 3.63) is 15.9 Å². The molecule has 0 saturated carbocycles. The highest BCUT2D eigenvalue weighted by molar-refractivity contribution is 7.09. The van der Waals surface area contributed by atoms with Crippen LogP contribution in [0.4, 0.5) is 0 Å². The summed E-state index contributed by atoms with van der Waals surface area (Å²) in [5.74, 6) is 0.266. The highest BCUT2D eigenvalue weighted by atomic mass is 32.1. The van der Waals surface area contributed by atoms with Crippen molar-refractivity contribution in [2.45, 2.75) is 34.2 Å². The summed E-state index contributed by atoms with van der Waals surface area (Å²) in [5, 5.41) is 9.52. The fourth-order valence-corrected chi connectivity index (χ4v) is 2.63. The molecular weight excluding hydrogens is 262 g/mol. The van der Waals surface area contributed by atoms with Crippen LogP contribution in [0.15, 0.2) is 6.20 Å². The van der Waals surface area contributed by atoms with E-state index in [2.05, 4.69) is 0 Å². The van der Waals surface area contributed by atoms with E-state index in [1.807, 2.05) is 38.5 Å². The summed E-state index contributed by atoms with van der Waals surface area (Å²) >= 11 is 1.49.